The summed E-state index contributed by atoms with van der Waals surface area (Å²) in [5, 5.41) is 3.67. The molecule has 2 atom stereocenters. The van der Waals surface area contributed by atoms with E-state index in [1.54, 1.807) is 0 Å². The third-order valence-electron chi connectivity index (χ3n) is 6.26. The summed E-state index contributed by atoms with van der Waals surface area (Å²) in [6.45, 7) is 8.37. The number of rotatable bonds is 4. The maximum Gasteiger partial charge on any atom is 0.193 e. The molecule has 3 heterocycles. The molecule has 0 radical (unpaired) electrons. The molecule has 2 unspecified atom stereocenters. The predicted molar refractivity (Wildman–Crippen MR) is 107 cm³/mol. The van der Waals surface area contributed by atoms with E-state index in [4.69, 9.17) is 9.47 Å². The fraction of sp³-hybridized carbons (Fsp3) is 0.667. The topological polar surface area (TPSA) is 49.3 Å². The molecule has 3 fully saturated rings. The number of nitrogens with one attached hydrogen (secondary N) is 1. The Hall–Kier alpha value is -1.63. The molecule has 1 aromatic carbocycles. The van der Waals surface area contributed by atoms with Crippen LogP contribution in [0.2, 0.25) is 0 Å². The number of hydrogen-bond donors (Lipinski definition) is 1. The second kappa shape index (κ2) is 8.59. The van der Waals surface area contributed by atoms with Crippen LogP contribution >= 0.6 is 0 Å². The normalized spacial score (nSPS) is 28.0. The van der Waals surface area contributed by atoms with Crippen LogP contribution in [0.1, 0.15) is 24.4 Å². The zero-order valence-electron chi connectivity index (χ0n) is 16.4. The van der Waals surface area contributed by atoms with Crippen molar-refractivity contribution in [1.82, 2.24) is 15.1 Å². The van der Waals surface area contributed by atoms with Gasteiger partial charge in [-0.15, -0.1) is 0 Å². The number of morpholine rings is 1. The van der Waals surface area contributed by atoms with Crippen molar-refractivity contribution in [2.45, 2.75) is 18.9 Å². The van der Waals surface area contributed by atoms with Crippen molar-refractivity contribution in [3.63, 3.8) is 0 Å². The molecule has 1 N–H and O–H groups in total. The standard InChI is InChI=1S/C21H32N4O2/c1-22-20(25-9-7-21(16-25)8-12-27-17-21)23-15-19(18-5-3-2-4-6-18)24-10-13-26-14-11-24/h2-6,19H,7-17H2,1H3,(H,22,23). The van der Waals surface area contributed by atoms with E-state index in [-0.39, 0.29) is 0 Å². The van der Waals surface area contributed by atoms with Gasteiger partial charge in [0.05, 0.1) is 25.9 Å². The molecule has 3 aliphatic rings. The molecule has 0 aromatic heterocycles. The number of ether oxygens (including phenoxy) is 2. The molecular weight excluding hydrogens is 340 g/mol. The molecule has 0 saturated carbocycles. The van der Waals surface area contributed by atoms with E-state index in [1.807, 2.05) is 7.05 Å². The summed E-state index contributed by atoms with van der Waals surface area (Å²) in [6.07, 6.45) is 2.39. The van der Waals surface area contributed by atoms with Crippen LogP contribution in [0.3, 0.4) is 0 Å². The average molecular weight is 373 g/mol. The van der Waals surface area contributed by atoms with E-state index < -0.39 is 0 Å². The van der Waals surface area contributed by atoms with Gasteiger partial charge in [0, 0.05) is 51.8 Å². The summed E-state index contributed by atoms with van der Waals surface area (Å²) < 4.78 is 11.2. The minimum absolute atomic E-state index is 0.332. The zero-order chi connectivity index (χ0) is 18.5. The Labute approximate surface area is 162 Å². The summed E-state index contributed by atoms with van der Waals surface area (Å²) in [6, 6.07) is 11.1. The van der Waals surface area contributed by atoms with Crippen molar-refractivity contribution >= 4 is 5.96 Å². The van der Waals surface area contributed by atoms with Crippen LogP contribution in [0.25, 0.3) is 0 Å². The van der Waals surface area contributed by atoms with Crippen LogP contribution in [-0.4, -0.2) is 82.0 Å². The monoisotopic (exact) mass is 372 g/mol. The molecule has 0 aliphatic carbocycles. The van der Waals surface area contributed by atoms with Crippen LogP contribution in [0, 0.1) is 5.41 Å². The summed E-state index contributed by atoms with van der Waals surface area (Å²) in [5.74, 6) is 1.02. The van der Waals surface area contributed by atoms with Crippen molar-refractivity contribution in [3.8, 4) is 0 Å². The van der Waals surface area contributed by atoms with E-state index in [0.717, 1.165) is 65.1 Å². The smallest absolute Gasteiger partial charge is 0.193 e. The highest BCUT2D eigenvalue weighted by Gasteiger charge is 2.42. The lowest BCUT2D eigenvalue weighted by Crippen LogP contribution is -2.47. The summed E-state index contributed by atoms with van der Waals surface area (Å²) in [7, 11) is 1.89. The van der Waals surface area contributed by atoms with Gasteiger partial charge in [-0.05, 0) is 18.4 Å². The molecular formula is C21H32N4O2. The Balaban J connectivity index is 1.41. The van der Waals surface area contributed by atoms with E-state index in [2.05, 4.69) is 50.4 Å². The van der Waals surface area contributed by atoms with Crippen molar-refractivity contribution in [1.29, 1.82) is 0 Å². The summed E-state index contributed by atoms with van der Waals surface area (Å²) in [5.41, 5.74) is 1.70. The van der Waals surface area contributed by atoms with Gasteiger partial charge in [0.2, 0.25) is 0 Å². The van der Waals surface area contributed by atoms with Gasteiger partial charge >= 0.3 is 0 Å². The second-order valence-electron chi connectivity index (χ2n) is 7.98. The predicted octanol–water partition coefficient (Wildman–Crippen LogP) is 1.75. The number of hydrogen-bond acceptors (Lipinski definition) is 4. The highest BCUT2D eigenvalue weighted by molar-refractivity contribution is 5.80. The lowest BCUT2D eigenvalue weighted by molar-refractivity contribution is 0.0169. The second-order valence-corrected chi connectivity index (χ2v) is 7.98. The van der Waals surface area contributed by atoms with Gasteiger partial charge in [0.1, 0.15) is 0 Å². The van der Waals surface area contributed by atoms with Crippen molar-refractivity contribution in [3.05, 3.63) is 35.9 Å². The molecule has 1 spiro atoms. The first kappa shape index (κ1) is 18.7. The molecule has 148 valence electrons. The number of benzene rings is 1. The molecule has 3 aliphatic heterocycles. The highest BCUT2D eigenvalue weighted by Crippen LogP contribution is 2.38. The van der Waals surface area contributed by atoms with Gasteiger partial charge in [0.15, 0.2) is 5.96 Å². The molecule has 0 bridgehead atoms. The number of guanidine groups is 1. The van der Waals surface area contributed by atoms with E-state index in [1.165, 1.54) is 18.4 Å². The molecule has 4 rings (SSSR count). The SMILES string of the molecule is CN=C(NCC(c1ccccc1)N1CCOCC1)N1CCC2(CCOC2)C1. The largest absolute Gasteiger partial charge is 0.381 e. The Morgan fingerprint density at radius 3 is 2.63 bits per heavy atom. The lowest BCUT2D eigenvalue weighted by Gasteiger charge is -2.36. The van der Waals surface area contributed by atoms with Gasteiger partial charge in [0.25, 0.3) is 0 Å². The highest BCUT2D eigenvalue weighted by atomic mass is 16.5. The third kappa shape index (κ3) is 4.28. The van der Waals surface area contributed by atoms with Gasteiger partial charge < -0.3 is 19.7 Å². The van der Waals surface area contributed by atoms with Gasteiger partial charge in [-0.3, -0.25) is 9.89 Å². The number of likely N-dealkylation sites (tertiary alicyclic amines) is 1. The number of nitrogens with zero attached hydrogens (tertiary/aromatic N) is 3. The fourth-order valence-electron chi connectivity index (χ4n) is 4.63. The molecule has 3 saturated heterocycles. The Morgan fingerprint density at radius 1 is 1.11 bits per heavy atom. The molecule has 27 heavy (non-hydrogen) atoms. The Morgan fingerprint density at radius 2 is 1.93 bits per heavy atom. The molecule has 6 heteroatoms. The molecule has 6 nitrogen and oxygen atoms in total. The van der Waals surface area contributed by atoms with Crippen molar-refractivity contribution in [2.24, 2.45) is 10.4 Å². The maximum absolute atomic E-state index is 5.67. The summed E-state index contributed by atoms with van der Waals surface area (Å²) >= 11 is 0. The van der Waals surface area contributed by atoms with E-state index in [9.17, 15) is 0 Å². The van der Waals surface area contributed by atoms with Crippen LogP contribution in [0.15, 0.2) is 35.3 Å². The first-order valence-electron chi connectivity index (χ1n) is 10.2. The first-order valence-corrected chi connectivity index (χ1v) is 10.2. The third-order valence-corrected chi connectivity index (χ3v) is 6.26. The van der Waals surface area contributed by atoms with E-state index >= 15 is 0 Å². The molecule has 1 aromatic rings. The molecule has 0 amide bonds. The number of aliphatic imine (C=N–C) groups is 1. The van der Waals surface area contributed by atoms with Gasteiger partial charge in [-0.2, -0.15) is 0 Å². The zero-order valence-corrected chi connectivity index (χ0v) is 16.4. The first-order chi connectivity index (χ1) is 13.3. The van der Waals surface area contributed by atoms with Gasteiger partial charge in [-0.25, -0.2) is 0 Å². The van der Waals surface area contributed by atoms with Crippen molar-refractivity contribution in [2.75, 3.05) is 66.2 Å². The Kier molecular flexibility index (Phi) is 5.95. The fourth-order valence-corrected chi connectivity index (χ4v) is 4.63. The van der Waals surface area contributed by atoms with Gasteiger partial charge in [-0.1, -0.05) is 30.3 Å². The van der Waals surface area contributed by atoms with Crippen LogP contribution < -0.4 is 5.32 Å². The lowest BCUT2D eigenvalue weighted by atomic mass is 9.87. The minimum Gasteiger partial charge on any atom is -0.381 e. The summed E-state index contributed by atoms with van der Waals surface area (Å²) in [4.78, 5) is 9.52. The quantitative estimate of drug-likeness (QED) is 0.645. The van der Waals surface area contributed by atoms with Crippen molar-refractivity contribution < 1.29 is 9.47 Å². The van der Waals surface area contributed by atoms with Crippen LogP contribution in [-0.2, 0) is 9.47 Å². The van der Waals surface area contributed by atoms with E-state index in [0.29, 0.717) is 11.5 Å². The van der Waals surface area contributed by atoms with Crippen LogP contribution in [0.4, 0.5) is 0 Å². The van der Waals surface area contributed by atoms with Crippen LogP contribution in [0.5, 0.6) is 0 Å². The average Bonchev–Trinajstić information content (AvgIpc) is 3.37. The maximum atomic E-state index is 5.67. The Bertz CT molecular complexity index is 624. The minimum atomic E-state index is 0.332.